The van der Waals surface area contributed by atoms with Crippen molar-refractivity contribution >= 4 is 21.4 Å². The Balaban J connectivity index is 1.74. The molecular weight excluding hydrogens is 302 g/mol. The number of carbonyl (C=O) groups excluding carboxylic acids is 1. The van der Waals surface area contributed by atoms with Gasteiger partial charge in [0.15, 0.2) is 9.84 Å². The minimum Gasteiger partial charge on any atom is -0.382 e. The van der Waals surface area contributed by atoms with Crippen molar-refractivity contribution in [1.29, 1.82) is 0 Å². The third-order valence-corrected chi connectivity index (χ3v) is 4.96. The number of anilines is 1. The van der Waals surface area contributed by atoms with Gasteiger partial charge in [0.25, 0.3) is 0 Å². The van der Waals surface area contributed by atoms with Gasteiger partial charge < -0.3 is 10.6 Å². The van der Waals surface area contributed by atoms with E-state index in [9.17, 15) is 22.0 Å². The van der Waals surface area contributed by atoms with Gasteiger partial charge in [-0.1, -0.05) is 0 Å². The molecule has 116 valence electrons. The van der Waals surface area contributed by atoms with E-state index >= 15 is 0 Å². The van der Waals surface area contributed by atoms with E-state index in [1.165, 1.54) is 6.07 Å². The van der Waals surface area contributed by atoms with Crippen molar-refractivity contribution in [2.75, 3.05) is 23.4 Å². The maximum absolute atomic E-state index is 13.3. The quantitative estimate of drug-likeness (QED) is 0.851. The van der Waals surface area contributed by atoms with Crippen LogP contribution in [-0.2, 0) is 14.6 Å². The molecule has 1 aliphatic heterocycles. The van der Waals surface area contributed by atoms with Crippen LogP contribution in [0.2, 0.25) is 0 Å². The lowest BCUT2D eigenvalue weighted by Crippen LogP contribution is -2.36. The number of benzene rings is 1. The second-order valence-electron chi connectivity index (χ2n) is 4.97. The molecule has 0 bridgehead atoms. The van der Waals surface area contributed by atoms with E-state index in [1.54, 1.807) is 0 Å². The Labute approximate surface area is 121 Å². The third-order valence-electron chi connectivity index (χ3n) is 3.20. The van der Waals surface area contributed by atoms with Crippen molar-refractivity contribution < 1.29 is 22.0 Å². The zero-order valence-electron chi connectivity index (χ0n) is 11.2. The SMILES string of the molecule is O=C(CCNc1ccc(F)cc1F)NC1CCS(=O)(=O)C1. The molecule has 1 amide bonds. The minimum atomic E-state index is -3.03. The van der Waals surface area contributed by atoms with Crippen LogP contribution in [0.4, 0.5) is 14.5 Å². The summed E-state index contributed by atoms with van der Waals surface area (Å²) < 4.78 is 48.5. The van der Waals surface area contributed by atoms with Gasteiger partial charge in [0.05, 0.1) is 17.2 Å². The van der Waals surface area contributed by atoms with Gasteiger partial charge in [-0.15, -0.1) is 0 Å². The normalized spacial score (nSPS) is 20.2. The molecule has 0 aromatic heterocycles. The molecule has 0 aliphatic carbocycles. The van der Waals surface area contributed by atoms with Crippen LogP contribution in [0, 0.1) is 11.6 Å². The molecule has 8 heteroatoms. The number of carbonyl (C=O) groups is 1. The van der Waals surface area contributed by atoms with E-state index in [1.807, 2.05) is 0 Å². The Hall–Kier alpha value is -1.70. The predicted octanol–water partition coefficient (Wildman–Crippen LogP) is 1.07. The maximum atomic E-state index is 13.3. The third kappa shape index (κ3) is 4.66. The van der Waals surface area contributed by atoms with Crippen LogP contribution in [0.15, 0.2) is 18.2 Å². The molecule has 0 radical (unpaired) electrons. The highest BCUT2D eigenvalue weighted by molar-refractivity contribution is 7.91. The number of amides is 1. The molecule has 1 aromatic rings. The van der Waals surface area contributed by atoms with Crippen LogP contribution in [-0.4, -0.2) is 38.4 Å². The molecule has 1 aliphatic rings. The summed E-state index contributed by atoms with van der Waals surface area (Å²) >= 11 is 0. The van der Waals surface area contributed by atoms with Gasteiger partial charge in [-0.3, -0.25) is 4.79 Å². The summed E-state index contributed by atoms with van der Waals surface area (Å²) in [5.74, 6) is -1.63. The Kier molecular flexibility index (Phi) is 4.76. The van der Waals surface area contributed by atoms with E-state index in [4.69, 9.17) is 0 Å². The summed E-state index contributed by atoms with van der Waals surface area (Å²) in [5, 5.41) is 5.32. The molecule has 2 N–H and O–H groups in total. The van der Waals surface area contributed by atoms with E-state index in [-0.39, 0.29) is 42.1 Å². The monoisotopic (exact) mass is 318 g/mol. The molecule has 1 atom stereocenters. The lowest BCUT2D eigenvalue weighted by molar-refractivity contribution is -0.121. The summed E-state index contributed by atoms with van der Waals surface area (Å²) in [6.07, 6.45) is 0.501. The highest BCUT2D eigenvalue weighted by Gasteiger charge is 2.28. The van der Waals surface area contributed by atoms with Gasteiger partial charge in [0.1, 0.15) is 11.6 Å². The number of nitrogens with one attached hydrogen (secondary N) is 2. The van der Waals surface area contributed by atoms with Crippen LogP contribution in [0.5, 0.6) is 0 Å². The molecule has 2 rings (SSSR count). The summed E-state index contributed by atoms with van der Waals surface area (Å²) in [5.41, 5.74) is 0.118. The summed E-state index contributed by atoms with van der Waals surface area (Å²) in [7, 11) is -3.03. The molecule has 5 nitrogen and oxygen atoms in total. The largest absolute Gasteiger partial charge is 0.382 e. The van der Waals surface area contributed by atoms with Gasteiger partial charge in [-0.2, -0.15) is 0 Å². The molecule has 1 unspecified atom stereocenters. The van der Waals surface area contributed by atoms with E-state index in [0.717, 1.165) is 12.1 Å². The van der Waals surface area contributed by atoms with Gasteiger partial charge in [-0.25, -0.2) is 17.2 Å². The van der Waals surface area contributed by atoms with Crippen molar-refractivity contribution in [2.24, 2.45) is 0 Å². The lowest BCUT2D eigenvalue weighted by Gasteiger charge is -2.11. The number of halogens is 2. The highest BCUT2D eigenvalue weighted by atomic mass is 32.2. The summed E-state index contributed by atoms with van der Waals surface area (Å²) in [6.45, 7) is 0.174. The van der Waals surface area contributed by atoms with Crippen molar-refractivity contribution in [3.8, 4) is 0 Å². The number of hydrogen-bond acceptors (Lipinski definition) is 4. The first-order chi connectivity index (χ1) is 9.85. The van der Waals surface area contributed by atoms with Crippen LogP contribution in [0.25, 0.3) is 0 Å². The fourth-order valence-corrected chi connectivity index (χ4v) is 3.83. The molecule has 1 saturated heterocycles. The Morgan fingerprint density at radius 1 is 1.33 bits per heavy atom. The van der Waals surface area contributed by atoms with Crippen molar-refractivity contribution in [3.63, 3.8) is 0 Å². The molecule has 1 fully saturated rings. The standard InChI is InChI=1S/C13H16F2N2O3S/c14-9-1-2-12(11(15)7-9)16-5-3-13(18)17-10-4-6-21(19,20)8-10/h1-2,7,10,16H,3-6,8H2,(H,17,18). The average molecular weight is 318 g/mol. The van der Waals surface area contributed by atoms with E-state index < -0.39 is 21.5 Å². The maximum Gasteiger partial charge on any atom is 0.222 e. The van der Waals surface area contributed by atoms with Gasteiger partial charge >= 0.3 is 0 Å². The van der Waals surface area contributed by atoms with Crippen molar-refractivity contribution in [2.45, 2.75) is 18.9 Å². The molecular formula is C13H16F2N2O3S. The molecule has 1 aromatic carbocycles. The lowest BCUT2D eigenvalue weighted by atomic mass is 10.2. The zero-order valence-corrected chi connectivity index (χ0v) is 12.1. The second-order valence-corrected chi connectivity index (χ2v) is 7.20. The zero-order chi connectivity index (χ0) is 15.5. The topological polar surface area (TPSA) is 75.3 Å². The predicted molar refractivity (Wildman–Crippen MR) is 74.7 cm³/mol. The van der Waals surface area contributed by atoms with Gasteiger partial charge in [0, 0.05) is 25.1 Å². The van der Waals surface area contributed by atoms with E-state index in [0.29, 0.717) is 6.42 Å². The van der Waals surface area contributed by atoms with Crippen LogP contribution < -0.4 is 10.6 Å². The summed E-state index contributed by atoms with van der Waals surface area (Å²) in [6, 6.07) is 2.79. The Morgan fingerprint density at radius 2 is 2.10 bits per heavy atom. The fraction of sp³-hybridized carbons (Fsp3) is 0.462. The Bertz CT molecular complexity index is 634. The van der Waals surface area contributed by atoms with E-state index in [2.05, 4.69) is 10.6 Å². The minimum absolute atomic E-state index is 0.0290. The Morgan fingerprint density at radius 3 is 2.71 bits per heavy atom. The highest BCUT2D eigenvalue weighted by Crippen LogP contribution is 2.15. The summed E-state index contributed by atoms with van der Waals surface area (Å²) in [4.78, 5) is 11.6. The van der Waals surface area contributed by atoms with Crippen LogP contribution >= 0.6 is 0 Å². The number of hydrogen-bond donors (Lipinski definition) is 2. The number of rotatable bonds is 5. The van der Waals surface area contributed by atoms with Gasteiger partial charge in [-0.05, 0) is 18.6 Å². The van der Waals surface area contributed by atoms with Crippen molar-refractivity contribution in [1.82, 2.24) is 5.32 Å². The fourth-order valence-electron chi connectivity index (χ4n) is 2.15. The first-order valence-corrected chi connectivity index (χ1v) is 8.36. The average Bonchev–Trinajstić information content (AvgIpc) is 2.71. The second kappa shape index (κ2) is 6.38. The van der Waals surface area contributed by atoms with Crippen LogP contribution in [0.1, 0.15) is 12.8 Å². The molecule has 21 heavy (non-hydrogen) atoms. The van der Waals surface area contributed by atoms with Crippen LogP contribution in [0.3, 0.4) is 0 Å². The molecule has 0 spiro atoms. The molecule has 0 saturated carbocycles. The first-order valence-electron chi connectivity index (χ1n) is 6.54. The number of sulfone groups is 1. The van der Waals surface area contributed by atoms with Gasteiger partial charge in [0.2, 0.25) is 5.91 Å². The smallest absolute Gasteiger partial charge is 0.222 e. The van der Waals surface area contributed by atoms with Crippen molar-refractivity contribution in [3.05, 3.63) is 29.8 Å². The molecule has 1 heterocycles. The first kappa shape index (κ1) is 15.7.